The third-order valence-corrected chi connectivity index (χ3v) is 5.96. The highest BCUT2D eigenvalue weighted by atomic mass is 15.3. The molecule has 4 aliphatic rings. The van der Waals surface area contributed by atoms with Crippen molar-refractivity contribution in [2.45, 2.75) is 57.0 Å². The summed E-state index contributed by atoms with van der Waals surface area (Å²) < 4.78 is 0. The fraction of sp³-hybridized carbons (Fsp3) is 1.00. The normalized spacial score (nSPS) is 47.3. The lowest BCUT2D eigenvalue weighted by molar-refractivity contribution is -0.0718. The molecule has 4 atom stereocenters. The first-order chi connectivity index (χ1) is 8.42. The standard InChI is InChI=1S/C15H26N2/c1-3-7-16-11-13-9-12(14(16)5-1)10-17-8-4-2-6-15(13)17/h12-15H,1-11H2/t12-,13?,14?,15-/m1/s1. The van der Waals surface area contributed by atoms with Crippen LogP contribution in [0.15, 0.2) is 0 Å². The number of piperidine rings is 4. The largest absolute Gasteiger partial charge is 0.300 e. The summed E-state index contributed by atoms with van der Waals surface area (Å²) in [5, 5.41) is 0. The van der Waals surface area contributed by atoms with E-state index >= 15 is 0 Å². The second-order valence-electron chi connectivity index (χ2n) is 6.87. The van der Waals surface area contributed by atoms with Crippen LogP contribution in [0.5, 0.6) is 0 Å². The summed E-state index contributed by atoms with van der Waals surface area (Å²) in [6.07, 6.45) is 10.5. The summed E-state index contributed by atoms with van der Waals surface area (Å²) in [7, 11) is 0. The monoisotopic (exact) mass is 234 g/mol. The van der Waals surface area contributed by atoms with Gasteiger partial charge in [-0.05, 0) is 57.0 Å². The summed E-state index contributed by atoms with van der Waals surface area (Å²) in [6, 6.07) is 1.92. The van der Waals surface area contributed by atoms with E-state index in [2.05, 4.69) is 9.80 Å². The Morgan fingerprint density at radius 1 is 0.647 bits per heavy atom. The fourth-order valence-electron chi connectivity index (χ4n) is 5.25. The zero-order valence-corrected chi connectivity index (χ0v) is 11.0. The van der Waals surface area contributed by atoms with E-state index in [1.807, 2.05) is 0 Å². The Morgan fingerprint density at radius 2 is 1.18 bits per heavy atom. The second-order valence-corrected chi connectivity index (χ2v) is 6.87. The molecule has 4 rings (SSSR count). The SMILES string of the molecule is C1CCN2CC3C[C@H](CN4CCCC[C@H]34)C2C1. The van der Waals surface area contributed by atoms with Gasteiger partial charge < -0.3 is 0 Å². The van der Waals surface area contributed by atoms with Crippen LogP contribution >= 0.6 is 0 Å². The van der Waals surface area contributed by atoms with E-state index in [4.69, 9.17) is 0 Å². The minimum Gasteiger partial charge on any atom is -0.300 e. The Kier molecular flexibility index (Phi) is 2.69. The Labute approximate surface area is 105 Å². The van der Waals surface area contributed by atoms with Crippen molar-refractivity contribution in [1.82, 2.24) is 9.80 Å². The molecule has 4 aliphatic heterocycles. The molecule has 0 aromatic heterocycles. The molecule has 2 bridgehead atoms. The van der Waals surface area contributed by atoms with Crippen molar-refractivity contribution in [3.63, 3.8) is 0 Å². The maximum absolute atomic E-state index is 2.87. The van der Waals surface area contributed by atoms with E-state index in [9.17, 15) is 0 Å². The number of rotatable bonds is 0. The molecule has 0 aromatic rings. The summed E-state index contributed by atoms with van der Waals surface area (Å²) in [6.45, 7) is 5.68. The van der Waals surface area contributed by atoms with Crippen molar-refractivity contribution in [2.24, 2.45) is 11.8 Å². The smallest absolute Gasteiger partial charge is 0.0136 e. The van der Waals surface area contributed by atoms with E-state index in [-0.39, 0.29) is 0 Å². The van der Waals surface area contributed by atoms with E-state index in [0.717, 1.165) is 23.9 Å². The van der Waals surface area contributed by atoms with Crippen LogP contribution in [-0.4, -0.2) is 48.1 Å². The lowest BCUT2D eigenvalue weighted by Gasteiger charge is -2.57. The third kappa shape index (κ3) is 1.76. The van der Waals surface area contributed by atoms with Crippen molar-refractivity contribution >= 4 is 0 Å². The Morgan fingerprint density at radius 3 is 1.71 bits per heavy atom. The molecule has 17 heavy (non-hydrogen) atoms. The van der Waals surface area contributed by atoms with Crippen LogP contribution in [0.4, 0.5) is 0 Å². The molecule has 4 fully saturated rings. The summed E-state index contributed by atoms with van der Waals surface area (Å²) >= 11 is 0. The van der Waals surface area contributed by atoms with Crippen molar-refractivity contribution in [2.75, 3.05) is 26.2 Å². The van der Waals surface area contributed by atoms with Crippen LogP contribution in [0, 0.1) is 11.8 Å². The molecule has 96 valence electrons. The van der Waals surface area contributed by atoms with Gasteiger partial charge in [0.05, 0.1) is 0 Å². The van der Waals surface area contributed by atoms with Crippen molar-refractivity contribution in [3.05, 3.63) is 0 Å². The fourth-order valence-corrected chi connectivity index (χ4v) is 5.25. The third-order valence-electron chi connectivity index (χ3n) is 5.96. The molecular formula is C15H26N2. The first-order valence-corrected chi connectivity index (χ1v) is 7.90. The zero-order chi connectivity index (χ0) is 11.2. The Bertz CT molecular complexity index is 263. The first kappa shape index (κ1) is 10.8. The van der Waals surface area contributed by atoms with Gasteiger partial charge >= 0.3 is 0 Å². The summed E-state index contributed by atoms with van der Waals surface area (Å²) in [5.74, 6) is 2.03. The average molecular weight is 234 g/mol. The lowest BCUT2D eigenvalue weighted by atomic mass is 9.71. The molecular weight excluding hydrogens is 208 g/mol. The summed E-state index contributed by atoms with van der Waals surface area (Å²) in [4.78, 5) is 5.74. The molecule has 0 amide bonds. The van der Waals surface area contributed by atoms with Gasteiger partial charge in [-0.2, -0.15) is 0 Å². The topological polar surface area (TPSA) is 6.48 Å². The van der Waals surface area contributed by atoms with Crippen LogP contribution in [0.1, 0.15) is 44.9 Å². The quantitative estimate of drug-likeness (QED) is 0.635. The minimum atomic E-state index is 0.961. The van der Waals surface area contributed by atoms with Gasteiger partial charge in [0, 0.05) is 25.2 Å². The van der Waals surface area contributed by atoms with Gasteiger partial charge in [0.15, 0.2) is 0 Å². The molecule has 2 heteroatoms. The van der Waals surface area contributed by atoms with E-state index in [0.29, 0.717) is 0 Å². The van der Waals surface area contributed by atoms with Crippen LogP contribution in [-0.2, 0) is 0 Å². The molecule has 4 heterocycles. The molecule has 0 spiro atoms. The maximum atomic E-state index is 2.87. The second kappa shape index (κ2) is 4.24. The highest BCUT2D eigenvalue weighted by molar-refractivity contribution is 5.00. The number of hydrogen-bond acceptors (Lipinski definition) is 2. The molecule has 0 radical (unpaired) electrons. The maximum Gasteiger partial charge on any atom is 0.0136 e. The van der Waals surface area contributed by atoms with Gasteiger partial charge in [0.2, 0.25) is 0 Å². The Hall–Kier alpha value is -0.0800. The molecule has 0 aromatic carbocycles. The minimum absolute atomic E-state index is 0.961. The van der Waals surface area contributed by atoms with Crippen LogP contribution in [0.3, 0.4) is 0 Å². The van der Waals surface area contributed by atoms with E-state index in [1.54, 1.807) is 6.42 Å². The Balaban J connectivity index is 1.56. The molecule has 0 N–H and O–H groups in total. The van der Waals surface area contributed by atoms with Crippen LogP contribution in [0.2, 0.25) is 0 Å². The highest BCUT2D eigenvalue weighted by Gasteiger charge is 2.46. The van der Waals surface area contributed by atoms with Crippen molar-refractivity contribution in [1.29, 1.82) is 0 Å². The van der Waals surface area contributed by atoms with E-state index in [1.165, 1.54) is 64.7 Å². The molecule has 2 nitrogen and oxygen atoms in total. The van der Waals surface area contributed by atoms with Gasteiger partial charge in [-0.1, -0.05) is 12.8 Å². The summed E-state index contributed by atoms with van der Waals surface area (Å²) in [5.41, 5.74) is 0. The van der Waals surface area contributed by atoms with Gasteiger partial charge in [0.25, 0.3) is 0 Å². The van der Waals surface area contributed by atoms with Gasteiger partial charge in [-0.3, -0.25) is 9.80 Å². The number of hydrogen-bond donors (Lipinski definition) is 0. The van der Waals surface area contributed by atoms with Crippen molar-refractivity contribution in [3.8, 4) is 0 Å². The lowest BCUT2D eigenvalue weighted by Crippen LogP contribution is -2.63. The van der Waals surface area contributed by atoms with Gasteiger partial charge in [-0.25, -0.2) is 0 Å². The van der Waals surface area contributed by atoms with Crippen LogP contribution < -0.4 is 0 Å². The molecule has 2 unspecified atom stereocenters. The molecule has 0 aliphatic carbocycles. The number of fused-ring (bicyclic) bond motifs is 6. The predicted octanol–water partition coefficient (Wildman–Crippen LogP) is 2.35. The van der Waals surface area contributed by atoms with Gasteiger partial charge in [-0.15, -0.1) is 0 Å². The average Bonchev–Trinajstić information content (AvgIpc) is 2.39. The first-order valence-electron chi connectivity index (χ1n) is 7.90. The molecule has 4 saturated heterocycles. The van der Waals surface area contributed by atoms with Crippen LogP contribution in [0.25, 0.3) is 0 Å². The van der Waals surface area contributed by atoms with Gasteiger partial charge in [0.1, 0.15) is 0 Å². The number of nitrogens with zero attached hydrogens (tertiary/aromatic N) is 2. The van der Waals surface area contributed by atoms with E-state index < -0.39 is 0 Å². The molecule has 0 saturated carbocycles. The zero-order valence-electron chi connectivity index (χ0n) is 11.0. The predicted molar refractivity (Wildman–Crippen MR) is 70.0 cm³/mol. The highest BCUT2D eigenvalue weighted by Crippen LogP contribution is 2.42. The van der Waals surface area contributed by atoms with Crippen molar-refractivity contribution < 1.29 is 0 Å².